The maximum absolute atomic E-state index is 14.0. The molecule has 0 radical (unpaired) electrons. The number of nitrogens with one attached hydrogen (secondary N) is 1. The van der Waals surface area contributed by atoms with Crippen LogP contribution in [0.5, 0.6) is 5.75 Å². The number of nitrogens with zero attached hydrogens (tertiary/aromatic N) is 1. The van der Waals surface area contributed by atoms with E-state index >= 15 is 0 Å². The summed E-state index contributed by atoms with van der Waals surface area (Å²) < 4.78 is 32.9. The highest BCUT2D eigenvalue weighted by molar-refractivity contribution is 5.96. The molecule has 0 fully saturated rings. The summed E-state index contributed by atoms with van der Waals surface area (Å²) in [6.07, 6.45) is 3.07. The molecule has 1 aromatic carbocycles. The van der Waals surface area contributed by atoms with Gasteiger partial charge in [0.1, 0.15) is 12.3 Å². The molecule has 150 valence electrons. The van der Waals surface area contributed by atoms with E-state index < -0.39 is 41.7 Å². The quantitative estimate of drug-likeness (QED) is 0.607. The number of nitrogens with two attached hydrogens (primary N) is 1. The summed E-state index contributed by atoms with van der Waals surface area (Å²) in [5, 5.41) is 2.61. The number of Topliss-reactive ketones (excluding diaryl/α,β-unsaturated/α-hetero) is 1. The normalized spacial score (nSPS) is 11.7. The van der Waals surface area contributed by atoms with E-state index in [2.05, 4.69) is 10.3 Å². The Hall–Kier alpha value is -2.87. The topological polar surface area (TPSA) is 94.3 Å². The second kappa shape index (κ2) is 10.5. The number of carbonyl (C=O) groups excluding carboxylic acids is 2. The van der Waals surface area contributed by atoms with Gasteiger partial charge in [-0.05, 0) is 56.5 Å². The molecule has 1 atom stereocenters. The predicted molar refractivity (Wildman–Crippen MR) is 100.0 cm³/mol. The Balaban J connectivity index is 2.06. The van der Waals surface area contributed by atoms with E-state index in [0.29, 0.717) is 25.8 Å². The van der Waals surface area contributed by atoms with Gasteiger partial charge in [0, 0.05) is 6.20 Å². The lowest BCUT2D eigenvalue weighted by Gasteiger charge is -2.18. The second-order valence-corrected chi connectivity index (χ2v) is 6.29. The number of halogens is 2. The van der Waals surface area contributed by atoms with Crippen molar-refractivity contribution in [2.75, 3.05) is 13.2 Å². The fourth-order valence-corrected chi connectivity index (χ4v) is 2.54. The van der Waals surface area contributed by atoms with Crippen LogP contribution in [0.4, 0.5) is 8.78 Å². The van der Waals surface area contributed by atoms with Crippen molar-refractivity contribution < 1.29 is 23.1 Å². The molecule has 0 saturated heterocycles. The molecular formula is C20H23F2N3O3. The van der Waals surface area contributed by atoms with Gasteiger partial charge in [0.25, 0.3) is 5.91 Å². The third kappa shape index (κ3) is 5.82. The molecule has 28 heavy (non-hydrogen) atoms. The fraction of sp³-hybridized carbons (Fsp3) is 0.350. The molecule has 0 saturated carbocycles. The lowest BCUT2D eigenvalue weighted by molar-refractivity contribution is -0.123. The van der Waals surface area contributed by atoms with Gasteiger partial charge in [-0.25, -0.2) is 8.78 Å². The monoisotopic (exact) mass is 391 g/mol. The zero-order chi connectivity index (χ0) is 20.5. The Morgan fingerprint density at radius 3 is 2.68 bits per heavy atom. The maximum atomic E-state index is 14.0. The number of rotatable bonds is 10. The standard InChI is InChI=1S/C20H23F2N3O3/c1-13-8-9-14(21)19(18(13)22)28-12-17(26)15(6-2-4-10-23)25-20(27)16-7-3-5-11-24-16/h3,5,7-9,11,15H,2,4,6,10,12,23H2,1H3,(H,25,27). The van der Waals surface area contributed by atoms with Crippen LogP contribution in [0.1, 0.15) is 35.3 Å². The minimum Gasteiger partial charge on any atom is -0.480 e. The van der Waals surface area contributed by atoms with Crippen LogP contribution in [0.3, 0.4) is 0 Å². The number of unbranched alkanes of at least 4 members (excludes halogenated alkanes) is 1. The number of hydrogen-bond acceptors (Lipinski definition) is 5. The number of aromatic nitrogens is 1. The Morgan fingerprint density at radius 1 is 1.21 bits per heavy atom. The largest absolute Gasteiger partial charge is 0.480 e. The number of ketones is 1. The molecule has 0 aliphatic heterocycles. The van der Waals surface area contributed by atoms with Crippen LogP contribution in [-0.4, -0.2) is 35.9 Å². The van der Waals surface area contributed by atoms with Crippen molar-refractivity contribution in [3.8, 4) is 5.75 Å². The van der Waals surface area contributed by atoms with Crippen LogP contribution in [0.2, 0.25) is 0 Å². The number of amides is 1. The average Bonchev–Trinajstić information content (AvgIpc) is 2.70. The smallest absolute Gasteiger partial charge is 0.270 e. The summed E-state index contributed by atoms with van der Waals surface area (Å²) in [6, 6.07) is 6.31. The molecule has 0 spiro atoms. The molecule has 1 amide bonds. The third-order valence-electron chi connectivity index (χ3n) is 4.14. The highest BCUT2D eigenvalue weighted by atomic mass is 19.1. The summed E-state index contributed by atoms with van der Waals surface area (Å²) in [5.41, 5.74) is 5.84. The highest BCUT2D eigenvalue weighted by Gasteiger charge is 2.23. The molecule has 1 unspecified atom stereocenters. The summed E-state index contributed by atoms with van der Waals surface area (Å²) in [7, 11) is 0. The molecule has 6 nitrogen and oxygen atoms in total. The number of carbonyl (C=O) groups is 2. The van der Waals surface area contributed by atoms with Crippen molar-refractivity contribution >= 4 is 11.7 Å². The van der Waals surface area contributed by atoms with Crippen molar-refractivity contribution in [1.82, 2.24) is 10.3 Å². The lowest BCUT2D eigenvalue weighted by atomic mass is 10.1. The van der Waals surface area contributed by atoms with E-state index in [9.17, 15) is 18.4 Å². The Labute approximate surface area is 162 Å². The summed E-state index contributed by atoms with van der Waals surface area (Å²) in [6.45, 7) is 1.34. The molecule has 2 aromatic rings. The van der Waals surface area contributed by atoms with Crippen LogP contribution in [-0.2, 0) is 4.79 Å². The Bertz CT molecular complexity index is 816. The van der Waals surface area contributed by atoms with E-state index in [-0.39, 0.29) is 11.3 Å². The van der Waals surface area contributed by atoms with Gasteiger partial charge in [0.05, 0.1) is 6.04 Å². The molecular weight excluding hydrogens is 368 g/mol. The van der Waals surface area contributed by atoms with Crippen LogP contribution >= 0.6 is 0 Å². The SMILES string of the molecule is Cc1ccc(F)c(OCC(=O)C(CCCCN)NC(=O)c2ccccn2)c1F. The van der Waals surface area contributed by atoms with Gasteiger partial charge in [-0.3, -0.25) is 14.6 Å². The van der Waals surface area contributed by atoms with Crippen LogP contribution in [0, 0.1) is 18.6 Å². The maximum Gasteiger partial charge on any atom is 0.270 e. The number of aryl methyl sites for hydroxylation is 1. The first-order chi connectivity index (χ1) is 13.4. The van der Waals surface area contributed by atoms with E-state index in [1.54, 1.807) is 12.1 Å². The lowest BCUT2D eigenvalue weighted by Crippen LogP contribution is -2.43. The van der Waals surface area contributed by atoms with Gasteiger partial charge in [-0.1, -0.05) is 12.1 Å². The molecule has 2 rings (SSSR count). The molecule has 1 aromatic heterocycles. The highest BCUT2D eigenvalue weighted by Crippen LogP contribution is 2.24. The number of pyridine rings is 1. The first-order valence-electron chi connectivity index (χ1n) is 8.96. The molecule has 0 aliphatic rings. The zero-order valence-electron chi connectivity index (χ0n) is 15.6. The Morgan fingerprint density at radius 2 is 2.00 bits per heavy atom. The molecule has 1 heterocycles. The van der Waals surface area contributed by atoms with E-state index in [0.717, 1.165) is 6.07 Å². The van der Waals surface area contributed by atoms with Crippen LogP contribution in [0.25, 0.3) is 0 Å². The fourth-order valence-electron chi connectivity index (χ4n) is 2.54. The van der Waals surface area contributed by atoms with Crippen molar-refractivity contribution in [2.45, 2.75) is 32.2 Å². The van der Waals surface area contributed by atoms with Crippen molar-refractivity contribution in [1.29, 1.82) is 0 Å². The minimum atomic E-state index is -0.895. The first kappa shape index (κ1) is 21.4. The average molecular weight is 391 g/mol. The van der Waals surface area contributed by atoms with Crippen LogP contribution < -0.4 is 15.8 Å². The van der Waals surface area contributed by atoms with Gasteiger partial charge in [-0.15, -0.1) is 0 Å². The van der Waals surface area contributed by atoms with Gasteiger partial charge in [-0.2, -0.15) is 0 Å². The minimum absolute atomic E-state index is 0.163. The predicted octanol–water partition coefficient (Wildman–Crippen LogP) is 2.54. The number of hydrogen-bond donors (Lipinski definition) is 2. The number of ether oxygens (including phenoxy) is 1. The van der Waals surface area contributed by atoms with E-state index in [4.69, 9.17) is 10.5 Å². The van der Waals surface area contributed by atoms with E-state index in [1.165, 1.54) is 25.3 Å². The molecule has 3 N–H and O–H groups in total. The van der Waals surface area contributed by atoms with Gasteiger partial charge in [0.15, 0.2) is 23.2 Å². The summed E-state index contributed by atoms with van der Waals surface area (Å²) in [5.74, 6) is -3.37. The van der Waals surface area contributed by atoms with Crippen molar-refractivity contribution in [3.63, 3.8) is 0 Å². The zero-order valence-corrected chi connectivity index (χ0v) is 15.6. The van der Waals surface area contributed by atoms with Crippen molar-refractivity contribution in [3.05, 3.63) is 59.4 Å². The molecule has 8 heteroatoms. The van der Waals surface area contributed by atoms with Gasteiger partial charge >= 0.3 is 0 Å². The van der Waals surface area contributed by atoms with Crippen molar-refractivity contribution in [2.24, 2.45) is 5.73 Å². The Kier molecular flexibility index (Phi) is 8.01. The second-order valence-electron chi connectivity index (χ2n) is 6.29. The summed E-state index contributed by atoms with van der Waals surface area (Å²) in [4.78, 5) is 28.8. The van der Waals surface area contributed by atoms with Gasteiger partial charge < -0.3 is 15.8 Å². The summed E-state index contributed by atoms with van der Waals surface area (Å²) >= 11 is 0. The van der Waals surface area contributed by atoms with E-state index in [1.807, 2.05) is 0 Å². The first-order valence-corrected chi connectivity index (χ1v) is 8.96. The van der Waals surface area contributed by atoms with Crippen LogP contribution in [0.15, 0.2) is 36.5 Å². The molecule has 0 aliphatic carbocycles. The number of benzene rings is 1. The third-order valence-corrected chi connectivity index (χ3v) is 4.14. The van der Waals surface area contributed by atoms with Gasteiger partial charge in [0.2, 0.25) is 0 Å². The molecule has 0 bridgehead atoms.